The standard InChI is InChI=1S/C21H15N3O4S/c22-12-14-4-1-6-16(10-14)23-19(25)13-28-21(27)15-5-2-7-17(11-15)24-20(26)18-8-3-9-29-18/h1-11H,13H2,(H,23,25)(H,24,26). The Morgan fingerprint density at radius 3 is 2.45 bits per heavy atom. The van der Waals surface area contributed by atoms with E-state index in [0.717, 1.165) is 0 Å². The fourth-order valence-electron chi connectivity index (χ4n) is 2.40. The molecule has 29 heavy (non-hydrogen) atoms. The molecule has 3 rings (SSSR count). The molecule has 1 aromatic heterocycles. The van der Waals surface area contributed by atoms with E-state index >= 15 is 0 Å². The third-order valence-corrected chi connectivity index (χ3v) is 4.58. The van der Waals surface area contributed by atoms with Gasteiger partial charge in [0.1, 0.15) is 0 Å². The highest BCUT2D eigenvalue weighted by Gasteiger charge is 2.13. The van der Waals surface area contributed by atoms with Crippen molar-refractivity contribution >= 4 is 40.5 Å². The van der Waals surface area contributed by atoms with Crippen molar-refractivity contribution in [2.75, 3.05) is 17.2 Å². The number of carbonyl (C=O) groups is 3. The van der Waals surface area contributed by atoms with Crippen LogP contribution in [-0.2, 0) is 9.53 Å². The Labute approximate surface area is 170 Å². The predicted molar refractivity (Wildman–Crippen MR) is 109 cm³/mol. The van der Waals surface area contributed by atoms with Gasteiger partial charge in [-0.05, 0) is 47.8 Å². The number of hydrogen-bond acceptors (Lipinski definition) is 6. The van der Waals surface area contributed by atoms with Gasteiger partial charge in [-0.2, -0.15) is 5.26 Å². The fourth-order valence-corrected chi connectivity index (χ4v) is 3.02. The van der Waals surface area contributed by atoms with Gasteiger partial charge in [0.2, 0.25) is 0 Å². The van der Waals surface area contributed by atoms with Crippen LogP contribution in [0.2, 0.25) is 0 Å². The third kappa shape index (κ3) is 5.51. The molecule has 8 heteroatoms. The average molecular weight is 405 g/mol. The summed E-state index contributed by atoms with van der Waals surface area (Å²) in [6.45, 7) is -0.485. The molecule has 0 atom stereocenters. The maximum absolute atomic E-state index is 12.2. The average Bonchev–Trinajstić information content (AvgIpc) is 3.27. The van der Waals surface area contributed by atoms with Crippen LogP contribution in [0.25, 0.3) is 0 Å². The van der Waals surface area contributed by atoms with E-state index in [1.54, 1.807) is 47.8 Å². The molecule has 0 bridgehead atoms. The first-order valence-corrected chi connectivity index (χ1v) is 9.35. The molecular weight excluding hydrogens is 390 g/mol. The first-order chi connectivity index (χ1) is 14.0. The second-order valence-electron chi connectivity index (χ2n) is 5.83. The number of amides is 2. The van der Waals surface area contributed by atoms with Gasteiger partial charge in [-0.25, -0.2) is 4.79 Å². The Balaban J connectivity index is 1.55. The van der Waals surface area contributed by atoms with E-state index in [0.29, 0.717) is 21.8 Å². The number of hydrogen-bond donors (Lipinski definition) is 2. The van der Waals surface area contributed by atoms with Crippen molar-refractivity contribution in [1.82, 2.24) is 0 Å². The quantitative estimate of drug-likeness (QED) is 0.608. The second-order valence-corrected chi connectivity index (χ2v) is 6.78. The van der Waals surface area contributed by atoms with Crippen molar-refractivity contribution in [3.63, 3.8) is 0 Å². The first-order valence-electron chi connectivity index (χ1n) is 8.47. The lowest BCUT2D eigenvalue weighted by Crippen LogP contribution is -2.21. The number of nitrogens with zero attached hydrogens (tertiary/aromatic N) is 1. The number of rotatable bonds is 6. The van der Waals surface area contributed by atoms with E-state index in [2.05, 4.69) is 10.6 Å². The van der Waals surface area contributed by atoms with Gasteiger partial charge >= 0.3 is 5.97 Å². The van der Waals surface area contributed by atoms with Gasteiger partial charge in [-0.1, -0.05) is 18.2 Å². The number of nitrogens with one attached hydrogen (secondary N) is 2. The molecule has 2 aromatic carbocycles. The number of anilines is 2. The number of thiophene rings is 1. The van der Waals surface area contributed by atoms with E-state index in [9.17, 15) is 14.4 Å². The summed E-state index contributed by atoms with van der Waals surface area (Å²) in [6, 6.07) is 18.1. The molecule has 0 fully saturated rings. The van der Waals surface area contributed by atoms with E-state index in [1.165, 1.54) is 29.5 Å². The van der Waals surface area contributed by atoms with Crippen LogP contribution < -0.4 is 10.6 Å². The van der Waals surface area contributed by atoms with Crippen LogP contribution in [0, 0.1) is 11.3 Å². The second kappa shape index (κ2) is 9.30. The highest BCUT2D eigenvalue weighted by molar-refractivity contribution is 7.12. The zero-order chi connectivity index (χ0) is 20.6. The highest BCUT2D eigenvalue weighted by atomic mass is 32.1. The minimum absolute atomic E-state index is 0.202. The van der Waals surface area contributed by atoms with E-state index < -0.39 is 18.5 Å². The van der Waals surface area contributed by atoms with E-state index in [1.807, 2.05) is 6.07 Å². The molecule has 0 radical (unpaired) electrons. The lowest BCUT2D eigenvalue weighted by molar-refractivity contribution is -0.119. The van der Waals surface area contributed by atoms with Crippen molar-refractivity contribution in [2.45, 2.75) is 0 Å². The zero-order valence-electron chi connectivity index (χ0n) is 15.0. The van der Waals surface area contributed by atoms with Crippen molar-refractivity contribution in [3.05, 3.63) is 82.0 Å². The molecule has 0 spiro atoms. The summed E-state index contributed by atoms with van der Waals surface area (Å²) in [6.07, 6.45) is 0. The van der Waals surface area contributed by atoms with E-state index in [-0.39, 0.29) is 11.5 Å². The van der Waals surface area contributed by atoms with Gasteiger partial charge in [0.25, 0.3) is 11.8 Å². The minimum atomic E-state index is -0.696. The van der Waals surface area contributed by atoms with Crippen molar-refractivity contribution in [1.29, 1.82) is 5.26 Å². The molecular formula is C21H15N3O4S. The van der Waals surface area contributed by atoms with Crippen LogP contribution in [0.15, 0.2) is 66.0 Å². The smallest absolute Gasteiger partial charge is 0.338 e. The number of nitriles is 1. The normalized spacial score (nSPS) is 9.90. The molecule has 1 heterocycles. The first kappa shape index (κ1) is 19.8. The summed E-state index contributed by atoms with van der Waals surface area (Å²) in [5.74, 6) is -1.50. The van der Waals surface area contributed by atoms with Gasteiger partial charge in [-0.3, -0.25) is 9.59 Å². The molecule has 2 N–H and O–H groups in total. The van der Waals surface area contributed by atoms with Crippen LogP contribution in [0.1, 0.15) is 25.6 Å². The summed E-state index contributed by atoms with van der Waals surface area (Å²) < 4.78 is 5.02. The summed E-state index contributed by atoms with van der Waals surface area (Å²) in [5, 5.41) is 15.9. The predicted octanol–water partition coefficient (Wildman–Crippen LogP) is 3.67. The Kier molecular flexibility index (Phi) is 6.35. The summed E-state index contributed by atoms with van der Waals surface area (Å²) >= 11 is 1.31. The number of esters is 1. The Morgan fingerprint density at radius 1 is 0.966 bits per heavy atom. The van der Waals surface area contributed by atoms with Crippen LogP contribution in [0.3, 0.4) is 0 Å². The molecule has 7 nitrogen and oxygen atoms in total. The number of ether oxygens (including phenoxy) is 1. The maximum atomic E-state index is 12.2. The fraction of sp³-hybridized carbons (Fsp3) is 0.0476. The van der Waals surface area contributed by atoms with E-state index in [4.69, 9.17) is 10.00 Å². The van der Waals surface area contributed by atoms with Crippen molar-refractivity contribution in [3.8, 4) is 6.07 Å². The number of carbonyl (C=O) groups excluding carboxylic acids is 3. The molecule has 0 aliphatic carbocycles. The lowest BCUT2D eigenvalue weighted by atomic mass is 10.2. The monoisotopic (exact) mass is 405 g/mol. The lowest BCUT2D eigenvalue weighted by Gasteiger charge is -2.08. The molecule has 0 saturated carbocycles. The van der Waals surface area contributed by atoms with Crippen LogP contribution in [0.5, 0.6) is 0 Å². The molecule has 0 aliphatic rings. The summed E-state index contributed by atoms with van der Waals surface area (Å²) in [7, 11) is 0. The van der Waals surface area contributed by atoms with Gasteiger partial charge in [0.15, 0.2) is 6.61 Å². The largest absolute Gasteiger partial charge is 0.452 e. The van der Waals surface area contributed by atoms with Crippen molar-refractivity contribution in [2.24, 2.45) is 0 Å². The molecule has 0 unspecified atom stereocenters. The highest BCUT2D eigenvalue weighted by Crippen LogP contribution is 2.16. The minimum Gasteiger partial charge on any atom is -0.452 e. The molecule has 3 aromatic rings. The van der Waals surface area contributed by atoms with Crippen molar-refractivity contribution < 1.29 is 19.1 Å². The van der Waals surface area contributed by atoms with Crippen LogP contribution >= 0.6 is 11.3 Å². The Hall–Kier alpha value is -3.96. The molecule has 0 aliphatic heterocycles. The molecule has 144 valence electrons. The van der Waals surface area contributed by atoms with Gasteiger partial charge in [0, 0.05) is 11.4 Å². The zero-order valence-corrected chi connectivity index (χ0v) is 15.9. The van der Waals surface area contributed by atoms with Crippen LogP contribution in [0.4, 0.5) is 11.4 Å². The molecule has 0 saturated heterocycles. The van der Waals surface area contributed by atoms with Gasteiger partial charge in [0.05, 0.1) is 22.1 Å². The third-order valence-electron chi connectivity index (χ3n) is 3.71. The SMILES string of the molecule is N#Cc1cccc(NC(=O)COC(=O)c2cccc(NC(=O)c3cccs3)c2)c1. The van der Waals surface area contributed by atoms with Crippen LogP contribution in [-0.4, -0.2) is 24.4 Å². The maximum Gasteiger partial charge on any atom is 0.338 e. The Bertz CT molecular complexity index is 1090. The summed E-state index contributed by atoms with van der Waals surface area (Å²) in [5.41, 5.74) is 1.48. The summed E-state index contributed by atoms with van der Waals surface area (Å²) in [4.78, 5) is 36.8. The Morgan fingerprint density at radius 2 is 1.72 bits per heavy atom. The topological polar surface area (TPSA) is 108 Å². The van der Waals surface area contributed by atoms with Gasteiger partial charge < -0.3 is 15.4 Å². The molecule has 2 amide bonds. The number of benzene rings is 2. The van der Waals surface area contributed by atoms with Gasteiger partial charge in [-0.15, -0.1) is 11.3 Å².